The van der Waals surface area contributed by atoms with Crippen molar-refractivity contribution in [2.45, 2.75) is 4.90 Å². The summed E-state index contributed by atoms with van der Waals surface area (Å²) in [4.78, 5) is 9.90. The van der Waals surface area contributed by atoms with E-state index in [4.69, 9.17) is 18.4 Å². The van der Waals surface area contributed by atoms with E-state index in [1.54, 1.807) is 0 Å². The molecule has 0 aromatic heterocycles. The van der Waals surface area contributed by atoms with Crippen molar-refractivity contribution >= 4 is 15.8 Å². The molecule has 0 fully saturated rings. The summed E-state index contributed by atoms with van der Waals surface area (Å²) in [6.07, 6.45) is 0. The molecular formula is C14H11NO8S. The zero-order valence-electron chi connectivity index (χ0n) is 12.3. The highest BCUT2D eigenvalue weighted by molar-refractivity contribution is 7.87. The van der Waals surface area contributed by atoms with Crippen LogP contribution in [0.5, 0.6) is 23.0 Å². The van der Waals surface area contributed by atoms with Crippen LogP contribution in [0.3, 0.4) is 0 Å². The number of ether oxygens (including phenoxy) is 3. The molecule has 9 nitrogen and oxygen atoms in total. The van der Waals surface area contributed by atoms with E-state index in [0.717, 1.165) is 12.1 Å². The van der Waals surface area contributed by atoms with Crippen LogP contribution in [0.1, 0.15) is 0 Å². The summed E-state index contributed by atoms with van der Waals surface area (Å²) < 4.78 is 44.7. The van der Waals surface area contributed by atoms with Gasteiger partial charge in [0.25, 0.3) is 0 Å². The van der Waals surface area contributed by atoms with E-state index in [9.17, 15) is 18.5 Å². The van der Waals surface area contributed by atoms with Gasteiger partial charge in [-0.15, -0.1) is 0 Å². The van der Waals surface area contributed by atoms with E-state index in [2.05, 4.69) is 0 Å². The highest BCUT2D eigenvalue weighted by Crippen LogP contribution is 2.36. The molecule has 24 heavy (non-hydrogen) atoms. The third-order valence-corrected chi connectivity index (χ3v) is 4.43. The van der Waals surface area contributed by atoms with Crippen LogP contribution in [-0.2, 0) is 10.1 Å². The van der Waals surface area contributed by atoms with Crippen LogP contribution in [0, 0.1) is 10.1 Å². The first-order valence-corrected chi connectivity index (χ1v) is 7.98. The van der Waals surface area contributed by atoms with Crippen LogP contribution in [-0.4, -0.2) is 27.2 Å². The van der Waals surface area contributed by atoms with Crippen LogP contribution in [0.2, 0.25) is 0 Å². The van der Waals surface area contributed by atoms with E-state index in [1.807, 2.05) is 0 Å². The average molecular weight is 353 g/mol. The van der Waals surface area contributed by atoms with Gasteiger partial charge >= 0.3 is 15.8 Å². The molecule has 1 aliphatic rings. The molecule has 1 aliphatic heterocycles. The Morgan fingerprint density at radius 1 is 1.12 bits per heavy atom. The Bertz CT molecular complexity index is 909. The summed E-state index contributed by atoms with van der Waals surface area (Å²) in [5, 5.41) is 11.0. The molecule has 0 atom stereocenters. The first-order chi connectivity index (χ1) is 11.4. The molecule has 126 valence electrons. The van der Waals surface area contributed by atoms with E-state index in [1.165, 1.54) is 31.4 Å². The molecule has 10 heteroatoms. The summed E-state index contributed by atoms with van der Waals surface area (Å²) in [5.41, 5.74) is -0.479. The van der Waals surface area contributed by atoms with E-state index < -0.39 is 20.7 Å². The van der Waals surface area contributed by atoms with Crippen molar-refractivity contribution in [3.63, 3.8) is 0 Å². The molecule has 0 amide bonds. The lowest BCUT2D eigenvalue weighted by Crippen LogP contribution is -2.10. The minimum absolute atomic E-state index is 0.00211. The van der Waals surface area contributed by atoms with Crippen molar-refractivity contribution in [3.8, 4) is 23.0 Å². The fourth-order valence-corrected chi connectivity index (χ4v) is 3.02. The summed E-state index contributed by atoms with van der Waals surface area (Å²) in [5.74, 6) is 0.767. The Morgan fingerprint density at radius 2 is 1.88 bits per heavy atom. The Balaban J connectivity index is 1.93. The highest BCUT2D eigenvalue weighted by Gasteiger charge is 2.24. The Morgan fingerprint density at radius 3 is 2.58 bits per heavy atom. The minimum Gasteiger partial charge on any atom is -0.490 e. The third-order valence-electron chi connectivity index (χ3n) is 3.19. The van der Waals surface area contributed by atoms with Crippen molar-refractivity contribution < 1.29 is 31.7 Å². The number of rotatable bonds is 5. The quantitative estimate of drug-likeness (QED) is 0.456. The molecule has 1 heterocycles. The number of nitrogens with zero attached hydrogens (tertiary/aromatic N) is 1. The molecule has 0 N–H and O–H groups in total. The second-order valence-electron chi connectivity index (χ2n) is 4.64. The molecule has 0 saturated carbocycles. The summed E-state index contributed by atoms with van der Waals surface area (Å²) in [6.45, 7) is 0.0379. The molecular weight excluding hydrogens is 342 g/mol. The highest BCUT2D eigenvalue weighted by atomic mass is 32.2. The van der Waals surface area contributed by atoms with Gasteiger partial charge in [0.05, 0.1) is 12.0 Å². The van der Waals surface area contributed by atoms with Gasteiger partial charge in [0.1, 0.15) is 10.6 Å². The molecule has 2 aromatic carbocycles. The molecule has 3 rings (SSSR count). The zero-order valence-corrected chi connectivity index (χ0v) is 13.1. The number of benzene rings is 2. The number of hydrogen-bond acceptors (Lipinski definition) is 8. The molecule has 0 aliphatic carbocycles. The van der Waals surface area contributed by atoms with Gasteiger partial charge in [-0.2, -0.15) is 8.42 Å². The Hall–Kier alpha value is -3.01. The van der Waals surface area contributed by atoms with Gasteiger partial charge in [-0.3, -0.25) is 10.1 Å². The SMILES string of the molecule is COc1ccc(S(=O)(=O)Oc2ccc3c(c2)OCO3)cc1[N+](=O)[O-]. The predicted octanol–water partition coefficient (Wildman–Crippen LogP) is 2.10. The number of nitro groups is 1. The molecule has 0 bridgehead atoms. The van der Waals surface area contributed by atoms with Crippen LogP contribution in [0.25, 0.3) is 0 Å². The third kappa shape index (κ3) is 2.91. The number of fused-ring (bicyclic) bond motifs is 1. The van der Waals surface area contributed by atoms with Crippen LogP contribution in [0.15, 0.2) is 41.3 Å². The van der Waals surface area contributed by atoms with Crippen LogP contribution in [0.4, 0.5) is 5.69 Å². The predicted molar refractivity (Wildman–Crippen MR) is 80.0 cm³/mol. The summed E-state index contributed by atoms with van der Waals surface area (Å²) in [7, 11) is -3.02. The normalized spacial score (nSPS) is 12.7. The number of nitro benzene ring substituents is 1. The second kappa shape index (κ2) is 5.89. The lowest BCUT2D eigenvalue weighted by molar-refractivity contribution is -0.386. The first kappa shape index (κ1) is 15.9. The average Bonchev–Trinajstić information content (AvgIpc) is 3.01. The van der Waals surface area contributed by atoms with E-state index in [0.29, 0.717) is 11.5 Å². The van der Waals surface area contributed by atoms with Gasteiger partial charge in [-0.25, -0.2) is 0 Å². The van der Waals surface area contributed by atoms with Crippen LogP contribution < -0.4 is 18.4 Å². The molecule has 2 aromatic rings. The number of hydrogen-bond donors (Lipinski definition) is 0. The number of methoxy groups -OCH3 is 1. The van der Waals surface area contributed by atoms with E-state index >= 15 is 0 Å². The van der Waals surface area contributed by atoms with Gasteiger partial charge in [-0.1, -0.05) is 0 Å². The maximum absolute atomic E-state index is 12.3. The van der Waals surface area contributed by atoms with Crippen molar-refractivity contribution in [2.24, 2.45) is 0 Å². The van der Waals surface area contributed by atoms with Gasteiger partial charge in [-0.05, 0) is 24.3 Å². The van der Waals surface area contributed by atoms with Crippen molar-refractivity contribution in [2.75, 3.05) is 13.9 Å². The fraction of sp³-hybridized carbons (Fsp3) is 0.143. The maximum atomic E-state index is 12.3. The maximum Gasteiger partial charge on any atom is 0.339 e. The summed E-state index contributed by atoms with van der Waals surface area (Å²) in [6, 6.07) is 7.48. The standard InChI is InChI=1S/C14H11NO8S/c1-20-12-5-3-10(7-11(12)15(16)17)24(18,19)23-9-2-4-13-14(6-9)22-8-21-13/h2-7H,8H2,1H3. The Labute approximate surface area is 136 Å². The fourth-order valence-electron chi connectivity index (χ4n) is 2.07. The monoisotopic (exact) mass is 353 g/mol. The van der Waals surface area contributed by atoms with Crippen molar-refractivity contribution in [3.05, 3.63) is 46.5 Å². The second-order valence-corrected chi connectivity index (χ2v) is 6.19. The minimum atomic E-state index is -4.27. The lowest BCUT2D eigenvalue weighted by Gasteiger charge is -2.08. The smallest absolute Gasteiger partial charge is 0.339 e. The molecule has 0 spiro atoms. The summed E-state index contributed by atoms with van der Waals surface area (Å²) >= 11 is 0. The van der Waals surface area contributed by atoms with Crippen LogP contribution >= 0.6 is 0 Å². The van der Waals surface area contributed by atoms with Crippen molar-refractivity contribution in [1.29, 1.82) is 0 Å². The van der Waals surface area contributed by atoms with Crippen molar-refractivity contribution in [1.82, 2.24) is 0 Å². The lowest BCUT2D eigenvalue weighted by atomic mass is 10.3. The topological polar surface area (TPSA) is 114 Å². The Kier molecular flexibility index (Phi) is 3.89. The van der Waals surface area contributed by atoms with E-state index in [-0.39, 0.29) is 23.2 Å². The molecule has 0 radical (unpaired) electrons. The molecule has 0 unspecified atom stereocenters. The molecule has 0 saturated heterocycles. The van der Waals surface area contributed by atoms with Gasteiger partial charge in [0.2, 0.25) is 6.79 Å². The largest absolute Gasteiger partial charge is 0.490 e. The van der Waals surface area contributed by atoms with Gasteiger partial charge in [0, 0.05) is 12.1 Å². The van der Waals surface area contributed by atoms with Gasteiger partial charge < -0.3 is 18.4 Å². The zero-order chi connectivity index (χ0) is 17.3. The first-order valence-electron chi connectivity index (χ1n) is 6.57. The van der Waals surface area contributed by atoms with Gasteiger partial charge in [0.15, 0.2) is 17.2 Å².